The highest BCUT2D eigenvalue weighted by Gasteiger charge is 2.27. The number of nitrogens with zero attached hydrogens (tertiary/aromatic N) is 1. The van der Waals surface area contributed by atoms with Crippen molar-refractivity contribution in [2.75, 3.05) is 40.9 Å². The molecular weight excluding hydrogens is 964 g/mol. The molecule has 0 aliphatic heterocycles. The second-order valence-electron chi connectivity index (χ2n) is 22.5. The summed E-state index contributed by atoms with van der Waals surface area (Å²) in [6.45, 7) is 6.74. The van der Waals surface area contributed by atoms with E-state index in [-0.39, 0.29) is 24.9 Å². The Bertz CT molecular complexity index is 1530. The lowest BCUT2D eigenvalue weighted by Gasteiger charge is -2.30. The molecule has 0 heterocycles. The molecule has 0 spiro atoms. The van der Waals surface area contributed by atoms with Crippen LogP contribution in [0.4, 0.5) is 0 Å². The number of carbonyl (C=O) groups is 2. The molecule has 0 aliphatic carbocycles. The third kappa shape index (κ3) is 56.2. The molecule has 0 aromatic heterocycles. The summed E-state index contributed by atoms with van der Waals surface area (Å²) in [5, 5.41) is 3.03. The van der Waals surface area contributed by atoms with Gasteiger partial charge in [-0.25, -0.2) is 0 Å². The van der Waals surface area contributed by atoms with Crippen LogP contribution in [0.25, 0.3) is 0 Å². The van der Waals surface area contributed by atoms with E-state index < -0.39 is 26.6 Å². The SMILES string of the molecule is CC/C=C\C/C=C\C/C=C\C/C=C\C/C=C\CCCCCCCCCC(=O)OC(/C=C/CCCCCCCCCCCCC)C(COP(=O)([O-])OCC[N+](C)(C)C)NC(=O)CCCCCCCCCCCCCCCC. The Kier molecular flexibility index (Phi) is 53.9. The summed E-state index contributed by atoms with van der Waals surface area (Å²) in [5.41, 5.74) is 0. The zero-order valence-electron chi connectivity index (χ0n) is 50.4. The van der Waals surface area contributed by atoms with Crippen molar-refractivity contribution >= 4 is 19.7 Å². The number of allylic oxidation sites excluding steroid dienone is 11. The van der Waals surface area contributed by atoms with E-state index in [1.165, 1.54) is 148 Å². The summed E-state index contributed by atoms with van der Waals surface area (Å²) in [6.07, 6.45) is 71.5. The van der Waals surface area contributed by atoms with Gasteiger partial charge < -0.3 is 28.5 Å². The van der Waals surface area contributed by atoms with Gasteiger partial charge in [0, 0.05) is 12.8 Å². The quantitative estimate of drug-likeness (QED) is 0.0212. The van der Waals surface area contributed by atoms with Gasteiger partial charge in [0.25, 0.3) is 7.82 Å². The van der Waals surface area contributed by atoms with Crippen molar-refractivity contribution in [1.29, 1.82) is 0 Å². The zero-order valence-corrected chi connectivity index (χ0v) is 51.3. The first-order valence-corrected chi connectivity index (χ1v) is 33.2. The van der Waals surface area contributed by atoms with Crippen molar-refractivity contribution in [3.8, 4) is 0 Å². The van der Waals surface area contributed by atoms with Crippen molar-refractivity contribution in [3.63, 3.8) is 0 Å². The molecule has 10 heteroatoms. The number of hydrogen-bond donors (Lipinski definition) is 1. The molecule has 0 fully saturated rings. The largest absolute Gasteiger partial charge is 0.756 e. The van der Waals surface area contributed by atoms with E-state index in [2.05, 4.69) is 86.8 Å². The predicted octanol–water partition coefficient (Wildman–Crippen LogP) is 19.0. The van der Waals surface area contributed by atoms with Crippen LogP contribution in [0.1, 0.15) is 284 Å². The second-order valence-corrected chi connectivity index (χ2v) is 23.9. The van der Waals surface area contributed by atoms with Gasteiger partial charge in [-0.1, -0.05) is 267 Å². The van der Waals surface area contributed by atoms with Crippen LogP contribution in [-0.4, -0.2) is 69.4 Å². The Morgan fingerprint density at radius 3 is 1.26 bits per heavy atom. The average Bonchev–Trinajstić information content (AvgIpc) is 3.38. The molecule has 0 aliphatic rings. The molecule has 1 N–H and O–H groups in total. The molecule has 3 unspecified atom stereocenters. The van der Waals surface area contributed by atoms with E-state index in [4.69, 9.17) is 13.8 Å². The topological polar surface area (TPSA) is 114 Å². The van der Waals surface area contributed by atoms with Gasteiger partial charge in [-0.3, -0.25) is 14.2 Å². The highest BCUT2D eigenvalue weighted by atomic mass is 31.2. The highest BCUT2D eigenvalue weighted by Crippen LogP contribution is 2.38. The average molecular weight is 1090 g/mol. The maximum absolute atomic E-state index is 13.5. The minimum atomic E-state index is -4.70. The first kappa shape index (κ1) is 73.5. The monoisotopic (exact) mass is 1080 g/mol. The molecule has 3 atom stereocenters. The van der Waals surface area contributed by atoms with Gasteiger partial charge in [-0.2, -0.15) is 0 Å². The van der Waals surface area contributed by atoms with Crippen LogP contribution in [0.5, 0.6) is 0 Å². The number of quaternary nitrogens is 1. The normalized spacial score (nSPS) is 14.1. The van der Waals surface area contributed by atoms with Gasteiger partial charge in [0.1, 0.15) is 19.3 Å². The fourth-order valence-corrected chi connectivity index (χ4v) is 9.74. The Labute approximate surface area is 470 Å². The first-order valence-electron chi connectivity index (χ1n) is 31.7. The number of rotatable bonds is 57. The van der Waals surface area contributed by atoms with Crippen molar-refractivity contribution in [2.24, 2.45) is 0 Å². The zero-order chi connectivity index (χ0) is 55.7. The fourth-order valence-electron chi connectivity index (χ4n) is 9.02. The number of ether oxygens (including phenoxy) is 1. The van der Waals surface area contributed by atoms with E-state index >= 15 is 0 Å². The predicted molar refractivity (Wildman–Crippen MR) is 325 cm³/mol. The fraction of sp³-hybridized carbons (Fsp3) is 0.788. The standard InChI is InChI=1S/C66H121N2O7P/c1-7-10-13-16-19-22-25-28-30-31-32-33-34-35-36-37-38-41-44-47-50-53-56-59-66(70)75-64(57-54-51-48-45-42-39-27-24-21-18-15-12-9-3)63(62-74-76(71,72)73-61-60-68(4,5)6)67-65(69)58-55-52-49-46-43-40-29-26-23-20-17-14-11-8-2/h10,13,19,22,28,30,32-33,35-36,54,57,63-64H,7-9,11-12,14-18,20-21,23-27,29,31,34,37-53,55-56,58-62H2,1-6H3,(H-,67,69,71,72)/b13-10-,22-19-,30-28-,33-32-,36-35-,57-54+. The molecule has 0 rings (SSSR count). The Morgan fingerprint density at radius 1 is 0.474 bits per heavy atom. The van der Waals surface area contributed by atoms with Crippen LogP contribution in [0.3, 0.4) is 0 Å². The van der Waals surface area contributed by atoms with E-state index in [0.29, 0.717) is 17.4 Å². The van der Waals surface area contributed by atoms with Crippen molar-refractivity contribution < 1.29 is 37.3 Å². The molecule has 0 saturated heterocycles. The molecule has 442 valence electrons. The lowest BCUT2D eigenvalue weighted by molar-refractivity contribution is -0.870. The number of phosphoric ester groups is 1. The molecule has 0 aromatic carbocycles. The molecule has 0 saturated carbocycles. The van der Waals surface area contributed by atoms with E-state index in [0.717, 1.165) is 103 Å². The van der Waals surface area contributed by atoms with Crippen molar-refractivity contribution in [3.05, 3.63) is 72.9 Å². The number of hydrogen-bond acceptors (Lipinski definition) is 7. The summed E-state index contributed by atoms with van der Waals surface area (Å²) >= 11 is 0. The number of carbonyl (C=O) groups excluding carboxylic acids is 2. The summed E-state index contributed by atoms with van der Waals surface area (Å²) in [7, 11) is 1.18. The number of likely N-dealkylation sites (N-methyl/N-ethyl adjacent to an activating group) is 1. The molecule has 0 radical (unpaired) electrons. The van der Waals surface area contributed by atoms with Crippen LogP contribution in [0.2, 0.25) is 0 Å². The first-order chi connectivity index (χ1) is 36.9. The highest BCUT2D eigenvalue weighted by molar-refractivity contribution is 7.45. The molecule has 76 heavy (non-hydrogen) atoms. The summed E-state index contributed by atoms with van der Waals surface area (Å²) in [4.78, 5) is 40.0. The Hall–Kier alpha value is -2.55. The molecular formula is C66H121N2O7P. The van der Waals surface area contributed by atoms with E-state index in [1.54, 1.807) is 0 Å². The van der Waals surface area contributed by atoms with Gasteiger partial charge in [-0.05, 0) is 76.7 Å². The van der Waals surface area contributed by atoms with Gasteiger partial charge in [0.15, 0.2) is 0 Å². The number of unbranched alkanes of at least 4 members (excludes halogenated alkanes) is 31. The van der Waals surface area contributed by atoms with Gasteiger partial charge >= 0.3 is 5.97 Å². The maximum atomic E-state index is 13.5. The smallest absolute Gasteiger partial charge is 0.306 e. The van der Waals surface area contributed by atoms with Crippen LogP contribution < -0.4 is 10.2 Å². The molecule has 9 nitrogen and oxygen atoms in total. The van der Waals surface area contributed by atoms with Gasteiger partial charge in [0.05, 0.1) is 33.8 Å². The third-order valence-electron chi connectivity index (χ3n) is 13.9. The number of esters is 1. The molecule has 1 amide bonds. The lowest BCUT2D eigenvalue weighted by atomic mass is 10.0. The van der Waals surface area contributed by atoms with Crippen LogP contribution in [-0.2, 0) is 27.9 Å². The number of nitrogens with one attached hydrogen (secondary N) is 1. The van der Waals surface area contributed by atoms with Crippen LogP contribution in [0.15, 0.2) is 72.9 Å². The van der Waals surface area contributed by atoms with Gasteiger partial charge in [0.2, 0.25) is 5.91 Å². The lowest BCUT2D eigenvalue weighted by Crippen LogP contribution is -2.47. The number of amides is 1. The summed E-state index contributed by atoms with van der Waals surface area (Å²) in [5.74, 6) is -0.547. The van der Waals surface area contributed by atoms with Gasteiger partial charge in [-0.15, -0.1) is 0 Å². The Morgan fingerprint density at radius 2 is 0.842 bits per heavy atom. The molecule has 0 aromatic rings. The minimum Gasteiger partial charge on any atom is -0.756 e. The second kappa shape index (κ2) is 55.8. The summed E-state index contributed by atoms with van der Waals surface area (Å²) < 4.78 is 30.3. The van der Waals surface area contributed by atoms with E-state index in [1.807, 2.05) is 33.3 Å². The van der Waals surface area contributed by atoms with Crippen molar-refractivity contribution in [1.82, 2.24) is 5.32 Å². The third-order valence-corrected chi connectivity index (χ3v) is 14.9. The number of phosphoric acid groups is 1. The van der Waals surface area contributed by atoms with Crippen LogP contribution >= 0.6 is 7.82 Å². The maximum Gasteiger partial charge on any atom is 0.306 e. The van der Waals surface area contributed by atoms with Crippen molar-refractivity contribution in [2.45, 2.75) is 296 Å². The van der Waals surface area contributed by atoms with E-state index in [9.17, 15) is 19.0 Å². The Balaban J connectivity index is 5.23. The molecule has 0 bridgehead atoms. The van der Waals surface area contributed by atoms with Crippen LogP contribution in [0, 0.1) is 0 Å². The summed E-state index contributed by atoms with van der Waals surface area (Å²) in [6, 6.07) is -0.893. The minimum absolute atomic E-state index is 0.0250.